The number of likely N-dealkylation sites (N-methyl/N-ethyl adjacent to an activating group) is 1. The van der Waals surface area contributed by atoms with E-state index in [0.29, 0.717) is 19.1 Å². The first-order chi connectivity index (χ1) is 10.1. The maximum atomic E-state index is 12.7. The monoisotopic (exact) mass is 298 g/mol. The predicted octanol–water partition coefficient (Wildman–Crippen LogP) is 1.65. The SMILES string of the molecule is CCCC1CCN(C(=O)N(CC)C2COCC2C(=O)O)C1. The maximum Gasteiger partial charge on any atom is 0.320 e. The highest BCUT2D eigenvalue weighted by Gasteiger charge is 2.41. The third-order valence-electron chi connectivity index (χ3n) is 4.61. The molecule has 2 aliphatic rings. The van der Waals surface area contributed by atoms with E-state index in [-0.39, 0.29) is 18.7 Å². The van der Waals surface area contributed by atoms with Crippen molar-refractivity contribution >= 4 is 12.0 Å². The van der Waals surface area contributed by atoms with Gasteiger partial charge in [0.05, 0.1) is 19.3 Å². The highest BCUT2D eigenvalue weighted by molar-refractivity contribution is 5.77. The van der Waals surface area contributed by atoms with E-state index in [2.05, 4.69) is 6.92 Å². The van der Waals surface area contributed by atoms with E-state index < -0.39 is 11.9 Å². The van der Waals surface area contributed by atoms with Crippen LogP contribution in [0.2, 0.25) is 0 Å². The lowest BCUT2D eigenvalue weighted by Crippen LogP contribution is -2.51. The van der Waals surface area contributed by atoms with E-state index >= 15 is 0 Å². The number of hydrogen-bond acceptors (Lipinski definition) is 3. The fourth-order valence-corrected chi connectivity index (χ4v) is 3.43. The Hall–Kier alpha value is -1.30. The van der Waals surface area contributed by atoms with Gasteiger partial charge in [-0.2, -0.15) is 0 Å². The molecule has 0 aromatic heterocycles. The van der Waals surface area contributed by atoms with E-state index in [4.69, 9.17) is 4.74 Å². The van der Waals surface area contributed by atoms with Gasteiger partial charge in [0.2, 0.25) is 0 Å². The number of hydrogen-bond donors (Lipinski definition) is 1. The van der Waals surface area contributed by atoms with Crippen LogP contribution in [-0.2, 0) is 9.53 Å². The lowest BCUT2D eigenvalue weighted by molar-refractivity contribution is -0.142. The van der Waals surface area contributed by atoms with Crippen molar-refractivity contribution in [3.63, 3.8) is 0 Å². The number of carboxylic acid groups (broad SMARTS) is 1. The molecule has 120 valence electrons. The second-order valence-corrected chi connectivity index (χ2v) is 6.01. The Balaban J connectivity index is 2.00. The molecule has 21 heavy (non-hydrogen) atoms. The largest absolute Gasteiger partial charge is 0.481 e. The molecule has 2 rings (SSSR count). The average Bonchev–Trinajstić information content (AvgIpc) is 3.09. The Morgan fingerprint density at radius 1 is 1.33 bits per heavy atom. The van der Waals surface area contributed by atoms with Crippen LogP contribution in [-0.4, -0.2) is 65.8 Å². The van der Waals surface area contributed by atoms with E-state index in [9.17, 15) is 14.7 Å². The molecule has 2 aliphatic heterocycles. The van der Waals surface area contributed by atoms with Gasteiger partial charge in [-0.15, -0.1) is 0 Å². The molecule has 0 spiro atoms. The molecule has 3 unspecified atom stereocenters. The molecule has 2 saturated heterocycles. The molecule has 6 heteroatoms. The zero-order valence-corrected chi connectivity index (χ0v) is 13.0. The number of carbonyl (C=O) groups is 2. The van der Waals surface area contributed by atoms with Gasteiger partial charge >= 0.3 is 12.0 Å². The molecule has 2 amide bonds. The Morgan fingerprint density at radius 3 is 2.71 bits per heavy atom. The Labute approximate surface area is 126 Å². The summed E-state index contributed by atoms with van der Waals surface area (Å²) in [5, 5.41) is 9.26. The molecular formula is C15H26N2O4. The zero-order chi connectivity index (χ0) is 15.4. The third kappa shape index (κ3) is 3.48. The molecular weight excluding hydrogens is 272 g/mol. The van der Waals surface area contributed by atoms with Crippen LogP contribution in [0.1, 0.15) is 33.1 Å². The number of urea groups is 1. The van der Waals surface area contributed by atoms with Crippen LogP contribution in [0.25, 0.3) is 0 Å². The van der Waals surface area contributed by atoms with Crippen molar-refractivity contribution < 1.29 is 19.4 Å². The van der Waals surface area contributed by atoms with Gasteiger partial charge in [-0.3, -0.25) is 4.79 Å². The standard InChI is InChI=1S/C15H26N2O4/c1-3-5-11-6-7-16(8-11)15(20)17(4-2)13-10-21-9-12(13)14(18)19/h11-13H,3-10H2,1-2H3,(H,18,19). The topological polar surface area (TPSA) is 70.1 Å². The van der Waals surface area contributed by atoms with Crippen molar-refractivity contribution in [3.05, 3.63) is 0 Å². The first-order valence-corrected chi connectivity index (χ1v) is 7.94. The van der Waals surface area contributed by atoms with Gasteiger partial charge in [0.25, 0.3) is 0 Å². The molecule has 2 fully saturated rings. The number of amides is 2. The minimum Gasteiger partial charge on any atom is -0.481 e. The van der Waals surface area contributed by atoms with Crippen molar-refractivity contribution in [1.29, 1.82) is 0 Å². The number of rotatable bonds is 5. The van der Waals surface area contributed by atoms with Crippen molar-refractivity contribution in [2.75, 3.05) is 32.8 Å². The quantitative estimate of drug-likeness (QED) is 0.838. The molecule has 6 nitrogen and oxygen atoms in total. The number of aliphatic carboxylic acids is 1. The van der Waals surface area contributed by atoms with Crippen LogP contribution in [0.4, 0.5) is 4.79 Å². The second kappa shape index (κ2) is 7.11. The van der Waals surface area contributed by atoms with Crippen molar-refractivity contribution in [3.8, 4) is 0 Å². The summed E-state index contributed by atoms with van der Waals surface area (Å²) < 4.78 is 5.29. The van der Waals surface area contributed by atoms with Crippen molar-refractivity contribution in [1.82, 2.24) is 9.80 Å². The number of carboxylic acids is 1. The van der Waals surface area contributed by atoms with Crippen LogP contribution in [0.15, 0.2) is 0 Å². The summed E-state index contributed by atoms with van der Waals surface area (Å²) in [6.07, 6.45) is 3.35. The molecule has 0 aromatic carbocycles. The average molecular weight is 298 g/mol. The summed E-state index contributed by atoms with van der Waals surface area (Å²) in [6, 6.07) is -0.372. The number of carbonyl (C=O) groups excluding carboxylic acids is 1. The van der Waals surface area contributed by atoms with Crippen LogP contribution in [0.3, 0.4) is 0 Å². The Morgan fingerprint density at radius 2 is 2.10 bits per heavy atom. The summed E-state index contributed by atoms with van der Waals surface area (Å²) in [6.45, 7) is 6.68. The Bertz CT molecular complexity index is 388. The summed E-state index contributed by atoms with van der Waals surface area (Å²) >= 11 is 0. The third-order valence-corrected chi connectivity index (χ3v) is 4.61. The lowest BCUT2D eigenvalue weighted by Gasteiger charge is -2.33. The minimum absolute atomic E-state index is 0.0298. The van der Waals surface area contributed by atoms with E-state index in [1.54, 1.807) is 4.90 Å². The summed E-state index contributed by atoms with van der Waals surface area (Å²) in [4.78, 5) is 27.5. The van der Waals surface area contributed by atoms with E-state index in [1.165, 1.54) is 0 Å². The molecule has 0 bridgehead atoms. The van der Waals surface area contributed by atoms with Gasteiger partial charge in [0, 0.05) is 19.6 Å². The Kier molecular flexibility index (Phi) is 5.45. The van der Waals surface area contributed by atoms with Gasteiger partial charge in [-0.1, -0.05) is 13.3 Å². The smallest absolute Gasteiger partial charge is 0.320 e. The number of nitrogens with zero attached hydrogens (tertiary/aromatic N) is 2. The van der Waals surface area contributed by atoms with Crippen molar-refractivity contribution in [2.24, 2.45) is 11.8 Å². The number of ether oxygens (including phenoxy) is 1. The minimum atomic E-state index is -0.881. The molecule has 0 radical (unpaired) electrons. The van der Waals surface area contributed by atoms with Crippen LogP contribution < -0.4 is 0 Å². The highest BCUT2D eigenvalue weighted by Crippen LogP contribution is 2.25. The fourth-order valence-electron chi connectivity index (χ4n) is 3.43. The normalized spacial score (nSPS) is 28.9. The fraction of sp³-hybridized carbons (Fsp3) is 0.867. The van der Waals surface area contributed by atoms with E-state index in [1.807, 2.05) is 11.8 Å². The van der Waals surface area contributed by atoms with Gasteiger partial charge in [0.15, 0.2) is 0 Å². The first kappa shape index (κ1) is 16.1. The highest BCUT2D eigenvalue weighted by atomic mass is 16.5. The van der Waals surface area contributed by atoms with E-state index in [0.717, 1.165) is 32.4 Å². The zero-order valence-electron chi connectivity index (χ0n) is 13.0. The first-order valence-electron chi connectivity index (χ1n) is 7.94. The molecule has 2 heterocycles. The van der Waals surface area contributed by atoms with Crippen LogP contribution in [0, 0.1) is 11.8 Å². The van der Waals surface area contributed by atoms with Gasteiger partial charge in [-0.05, 0) is 25.7 Å². The van der Waals surface area contributed by atoms with Gasteiger partial charge in [-0.25, -0.2) is 4.79 Å². The molecule has 1 N–H and O–H groups in total. The second-order valence-electron chi connectivity index (χ2n) is 6.01. The lowest BCUT2D eigenvalue weighted by atomic mass is 10.0. The van der Waals surface area contributed by atoms with Gasteiger partial charge < -0.3 is 19.6 Å². The summed E-state index contributed by atoms with van der Waals surface area (Å²) in [7, 11) is 0. The van der Waals surface area contributed by atoms with Gasteiger partial charge in [0.1, 0.15) is 5.92 Å². The predicted molar refractivity (Wildman–Crippen MR) is 78.1 cm³/mol. The van der Waals surface area contributed by atoms with Crippen LogP contribution in [0.5, 0.6) is 0 Å². The molecule has 0 aromatic rings. The number of likely N-dealkylation sites (tertiary alicyclic amines) is 1. The molecule has 3 atom stereocenters. The molecule has 0 saturated carbocycles. The molecule has 0 aliphatic carbocycles. The van der Waals surface area contributed by atoms with Crippen LogP contribution >= 0.6 is 0 Å². The summed E-state index contributed by atoms with van der Waals surface area (Å²) in [5.41, 5.74) is 0. The summed E-state index contributed by atoms with van der Waals surface area (Å²) in [5.74, 6) is -0.898. The maximum absolute atomic E-state index is 12.7. The van der Waals surface area contributed by atoms with Crippen molar-refractivity contribution in [2.45, 2.75) is 39.2 Å².